The molecule has 46 heavy (non-hydrogen) atoms. The molecule has 0 heterocycles. The van der Waals surface area contributed by atoms with Crippen LogP contribution in [0.5, 0.6) is 0 Å². The van der Waals surface area contributed by atoms with E-state index in [0.29, 0.717) is 38.9 Å². The van der Waals surface area contributed by atoms with E-state index in [2.05, 4.69) is 0 Å². The quantitative estimate of drug-likeness (QED) is 0.0458. The summed E-state index contributed by atoms with van der Waals surface area (Å²) in [6.07, 6.45) is 3.89. The second kappa shape index (κ2) is 26.5. The van der Waals surface area contributed by atoms with E-state index in [1.165, 1.54) is 0 Å². The maximum atomic E-state index is 13.1. The predicted molar refractivity (Wildman–Crippen MR) is 170 cm³/mol. The third-order valence-corrected chi connectivity index (χ3v) is 6.29. The molecule has 1 atom stereocenters. The van der Waals surface area contributed by atoms with Gasteiger partial charge in [0.15, 0.2) is 0 Å². The second-order valence-electron chi connectivity index (χ2n) is 10.0. The van der Waals surface area contributed by atoms with Crippen LogP contribution in [0.25, 0.3) is 0 Å². The molecule has 0 aromatic heterocycles. The summed E-state index contributed by atoms with van der Waals surface area (Å²) in [4.78, 5) is 26.0. The van der Waals surface area contributed by atoms with Crippen LogP contribution in [0.15, 0.2) is 0 Å². The van der Waals surface area contributed by atoms with E-state index < -0.39 is 36.1 Å². The van der Waals surface area contributed by atoms with Gasteiger partial charge in [0.05, 0.1) is 33.0 Å². The van der Waals surface area contributed by atoms with Crippen LogP contribution in [-0.4, -0.2) is 95.6 Å². The van der Waals surface area contributed by atoms with E-state index >= 15 is 0 Å². The molecule has 0 saturated heterocycles. The molecule has 0 bridgehead atoms. The topological polar surface area (TPSA) is 136 Å². The van der Waals surface area contributed by atoms with Crippen molar-refractivity contribution in [2.75, 3.05) is 59.5 Å². The van der Waals surface area contributed by atoms with E-state index in [9.17, 15) is 9.59 Å². The molecule has 274 valence electrons. The maximum Gasteiger partial charge on any atom is 0.416 e. The normalized spacial score (nSPS) is 13.2. The average molecular weight is 669 g/mol. The summed E-state index contributed by atoms with van der Waals surface area (Å²) in [7, 11) is 0. The summed E-state index contributed by atoms with van der Waals surface area (Å²) >= 11 is 0. The number of ether oxygens (including phenoxy) is 11. The van der Waals surface area contributed by atoms with E-state index in [-0.39, 0.29) is 59.1 Å². The molecule has 0 aromatic carbocycles. The van der Waals surface area contributed by atoms with Gasteiger partial charge >= 0.3 is 29.9 Å². The minimum Gasteiger partial charge on any atom is -0.404 e. The Morgan fingerprint density at radius 3 is 1.37 bits per heavy atom. The number of esters is 2. The molecule has 0 fully saturated rings. The summed E-state index contributed by atoms with van der Waals surface area (Å²) in [6, 6.07) is 0. The van der Waals surface area contributed by atoms with Crippen molar-refractivity contribution in [1.29, 1.82) is 0 Å². The third-order valence-electron chi connectivity index (χ3n) is 6.29. The van der Waals surface area contributed by atoms with Crippen LogP contribution in [-0.2, 0) is 61.7 Å². The van der Waals surface area contributed by atoms with Gasteiger partial charge in [0.2, 0.25) is 0 Å². The Morgan fingerprint density at radius 1 is 0.457 bits per heavy atom. The fourth-order valence-corrected chi connectivity index (χ4v) is 4.46. The Labute approximate surface area is 277 Å². The highest BCUT2D eigenvalue weighted by Gasteiger charge is 2.63. The highest BCUT2D eigenvalue weighted by Crippen LogP contribution is 2.37. The summed E-state index contributed by atoms with van der Waals surface area (Å²) in [5.74, 6) is -6.84. The van der Waals surface area contributed by atoms with Crippen molar-refractivity contribution < 1.29 is 61.7 Å². The lowest BCUT2D eigenvalue weighted by Gasteiger charge is -2.44. The first-order valence-corrected chi connectivity index (χ1v) is 17.3. The van der Waals surface area contributed by atoms with Gasteiger partial charge < -0.3 is 52.1 Å². The van der Waals surface area contributed by atoms with Gasteiger partial charge in [-0.2, -0.15) is 0 Å². The largest absolute Gasteiger partial charge is 0.416 e. The van der Waals surface area contributed by atoms with Gasteiger partial charge in [0.25, 0.3) is 6.29 Å². The zero-order valence-electron chi connectivity index (χ0n) is 30.1. The SMILES string of the molecule is CCCCOC(OCC)(OCC)C(OCC)(OCC)OC(=O)CCCCCCC(=O)OC(OCC)(OCC)C(OCC)OCCC. The number of unbranched alkanes of at least 4 members (excludes halogenated alkanes) is 4. The lowest BCUT2D eigenvalue weighted by Crippen LogP contribution is -2.65. The van der Waals surface area contributed by atoms with E-state index in [4.69, 9.17) is 52.1 Å². The standard InChI is InChI=1S/C33H64O13/c1-10-19-27-44-32(40-15-6,41-16-7)33(42-17-8,43-18-9)46-29(35)25-23-21-20-22-24-28(34)45-31(38-13-4,39-14-5)30(36-12-3)37-26-11-2/h30H,10-27H2,1-9H3. The van der Waals surface area contributed by atoms with Crippen LogP contribution in [0.3, 0.4) is 0 Å². The van der Waals surface area contributed by atoms with Crippen LogP contribution in [0.2, 0.25) is 0 Å². The summed E-state index contributed by atoms with van der Waals surface area (Å²) < 4.78 is 64.3. The molecular weight excluding hydrogens is 604 g/mol. The maximum absolute atomic E-state index is 13.1. The minimum absolute atomic E-state index is 0.0816. The first-order valence-electron chi connectivity index (χ1n) is 17.3. The van der Waals surface area contributed by atoms with Crippen LogP contribution < -0.4 is 0 Å². The molecule has 0 saturated carbocycles. The smallest absolute Gasteiger partial charge is 0.404 e. The van der Waals surface area contributed by atoms with E-state index in [1.807, 2.05) is 20.8 Å². The molecule has 0 spiro atoms. The van der Waals surface area contributed by atoms with Gasteiger partial charge in [-0.25, -0.2) is 0 Å². The van der Waals surface area contributed by atoms with Crippen molar-refractivity contribution in [1.82, 2.24) is 0 Å². The molecular formula is C33H64O13. The van der Waals surface area contributed by atoms with E-state index in [1.54, 1.807) is 41.5 Å². The number of carbonyl (C=O) groups excluding carboxylic acids is 2. The zero-order chi connectivity index (χ0) is 34.7. The van der Waals surface area contributed by atoms with Crippen molar-refractivity contribution in [2.45, 2.75) is 144 Å². The van der Waals surface area contributed by atoms with E-state index in [0.717, 1.165) is 19.3 Å². The Kier molecular flexibility index (Phi) is 25.7. The second-order valence-corrected chi connectivity index (χ2v) is 10.0. The minimum atomic E-state index is -2.06. The third kappa shape index (κ3) is 15.2. The zero-order valence-corrected chi connectivity index (χ0v) is 30.1. The van der Waals surface area contributed by atoms with Gasteiger partial charge in [-0.1, -0.05) is 33.1 Å². The fourth-order valence-electron chi connectivity index (χ4n) is 4.46. The molecule has 1 unspecified atom stereocenters. The van der Waals surface area contributed by atoms with Crippen molar-refractivity contribution in [3.05, 3.63) is 0 Å². The molecule has 13 heteroatoms. The molecule has 0 amide bonds. The number of carbonyl (C=O) groups is 2. The van der Waals surface area contributed by atoms with Crippen molar-refractivity contribution in [2.24, 2.45) is 0 Å². The Bertz CT molecular complexity index is 746. The first-order chi connectivity index (χ1) is 22.2. The summed E-state index contributed by atoms with van der Waals surface area (Å²) in [6.45, 7) is 18.5. The fraction of sp³-hybridized carbons (Fsp3) is 0.939. The number of hydrogen-bond acceptors (Lipinski definition) is 13. The molecule has 0 N–H and O–H groups in total. The predicted octanol–water partition coefficient (Wildman–Crippen LogP) is 6.20. The molecule has 0 aromatic rings. The van der Waals surface area contributed by atoms with Gasteiger partial charge in [0, 0.05) is 39.3 Å². The van der Waals surface area contributed by atoms with Crippen LogP contribution >= 0.6 is 0 Å². The molecule has 0 aliphatic rings. The molecule has 0 radical (unpaired) electrons. The van der Waals surface area contributed by atoms with Crippen molar-refractivity contribution >= 4 is 11.9 Å². The van der Waals surface area contributed by atoms with Gasteiger partial charge in [-0.3, -0.25) is 9.59 Å². The Hall–Kier alpha value is -1.42. The number of rotatable bonds is 32. The molecule has 13 nitrogen and oxygen atoms in total. The monoisotopic (exact) mass is 668 g/mol. The number of hydrogen-bond donors (Lipinski definition) is 0. The highest BCUT2D eigenvalue weighted by molar-refractivity contribution is 5.70. The lowest BCUT2D eigenvalue weighted by molar-refractivity contribution is -0.550. The summed E-state index contributed by atoms with van der Waals surface area (Å²) in [5.41, 5.74) is 0. The van der Waals surface area contributed by atoms with Gasteiger partial charge in [-0.05, 0) is 74.1 Å². The highest BCUT2D eigenvalue weighted by atomic mass is 17.0. The van der Waals surface area contributed by atoms with Gasteiger partial charge in [-0.15, -0.1) is 0 Å². The lowest BCUT2D eigenvalue weighted by atomic mass is 10.1. The van der Waals surface area contributed by atoms with Gasteiger partial charge in [0.1, 0.15) is 0 Å². The first kappa shape index (κ1) is 44.6. The molecule has 0 aliphatic carbocycles. The Morgan fingerprint density at radius 2 is 0.935 bits per heavy atom. The Balaban J connectivity index is 5.33. The average Bonchev–Trinajstić information content (AvgIpc) is 3.01. The van der Waals surface area contributed by atoms with Crippen molar-refractivity contribution in [3.8, 4) is 0 Å². The summed E-state index contributed by atoms with van der Waals surface area (Å²) in [5, 5.41) is 0. The van der Waals surface area contributed by atoms with Crippen LogP contribution in [0.4, 0.5) is 0 Å². The molecule has 0 aliphatic heterocycles. The van der Waals surface area contributed by atoms with Crippen LogP contribution in [0.1, 0.15) is 120 Å². The van der Waals surface area contributed by atoms with Crippen molar-refractivity contribution in [3.63, 3.8) is 0 Å². The molecule has 0 rings (SSSR count). The van der Waals surface area contributed by atoms with Crippen LogP contribution in [0, 0.1) is 0 Å².